The van der Waals surface area contributed by atoms with E-state index >= 15 is 0 Å². The normalized spacial score (nSPS) is 21.7. The molecule has 1 aromatic rings. The van der Waals surface area contributed by atoms with Gasteiger partial charge in [0.15, 0.2) is 0 Å². The van der Waals surface area contributed by atoms with E-state index in [-0.39, 0.29) is 30.5 Å². The minimum atomic E-state index is -0.251. The van der Waals surface area contributed by atoms with Crippen LogP contribution in [0.3, 0.4) is 0 Å². The molecule has 4 nitrogen and oxygen atoms in total. The molecule has 0 spiro atoms. The van der Waals surface area contributed by atoms with E-state index in [1.165, 1.54) is 5.56 Å². The molecule has 0 radical (unpaired) electrons. The molecule has 1 aliphatic heterocycles. The lowest BCUT2D eigenvalue weighted by Crippen LogP contribution is -2.55. The Morgan fingerprint density at radius 2 is 2.05 bits per heavy atom. The Balaban J connectivity index is 0.00000220. The fraction of sp³-hybridized carbons (Fsp3) is 0.562. The van der Waals surface area contributed by atoms with E-state index in [4.69, 9.17) is 4.74 Å². The van der Waals surface area contributed by atoms with E-state index in [2.05, 4.69) is 48.7 Å². The lowest BCUT2D eigenvalue weighted by molar-refractivity contribution is -0.129. The van der Waals surface area contributed by atoms with E-state index in [0.29, 0.717) is 19.1 Å². The standard InChI is InChI=1S/C16H24N2O2.ClH/c1-11(2)14-6-4-13(5-7-14)10-18-16(19)15-12(3)20-9-8-17-15;/h4-7,11-12,15,17H,8-10H2,1-3H3,(H,18,19);1H/t12-,15+;/m1./s1. The molecular formula is C16H25ClN2O2. The predicted molar refractivity (Wildman–Crippen MR) is 86.8 cm³/mol. The summed E-state index contributed by atoms with van der Waals surface area (Å²) in [4.78, 5) is 12.1. The maximum atomic E-state index is 12.1. The SMILES string of the molecule is CC(C)c1ccc(CNC(=O)[C@H]2NCCO[C@@H]2C)cc1.Cl. The summed E-state index contributed by atoms with van der Waals surface area (Å²) in [5.41, 5.74) is 2.43. The largest absolute Gasteiger partial charge is 0.375 e. The summed E-state index contributed by atoms with van der Waals surface area (Å²) in [5, 5.41) is 6.16. The first kappa shape index (κ1) is 18.0. The van der Waals surface area contributed by atoms with Gasteiger partial charge in [-0.25, -0.2) is 0 Å². The minimum Gasteiger partial charge on any atom is -0.375 e. The van der Waals surface area contributed by atoms with Crippen LogP contribution in [0.15, 0.2) is 24.3 Å². The van der Waals surface area contributed by atoms with Gasteiger partial charge >= 0.3 is 0 Å². The molecule has 1 heterocycles. The molecule has 1 aromatic carbocycles. The zero-order chi connectivity index (χ0) is 14.5. The van der Waals surface area contributed by atoms with Gasteiger partial charge in [-0.2, -0.15) is 0 Å². The van der Waals surface area contributed by atoms with Crippen molar-refractivity contribution in [2.45, 2.75) is 45.4 Å². The fourth-order valence-corrected chi connectivity index (χ4v) is 2.35. The molecule has 1 saturated heterocycles. The molecule has 118 valence electrons. The lowest BCUT2D eigenvalue weighted by atomic mass is 10.0. The third-order valence-corrected chi connectivity index (χ3v) is 3.71. The van der Waals surface area contributed by atoms with Crippen LogP contribution >= 0.6 is 12.4 Å². The molecule has 0 unspecified atom stereocenters. The molecule has 0 aliphatic carbocycles. The van der Waals surface area contributed by atoms with Crippen molar-refractivity contribution in [2.75, 3.05) is 13.2 Å². The van der Waals surface area contributed by atoms with Crippen LogP contribution in [0.25, 0.3) is 0 Å². The fourth-order valence-electron chi connectivity index (χ4n) is 2.35. The summed E-state index contributed by atoms with van der Waals surface area (Å²) < 4.78 is 5.48. The average Bonchev–Trinajstić information content (AvgIpc) is 2.45. The number of ether oxygens (including phenoxy) is 1. The summed E-state index contributed by atoms with van der Waals surface area (Å²) in [6.07, 6.45) is -0.0768. The molecule has 2 rings (SSSR count). The van der Waals surface area contributed by atoms with Crippen LogP contribution in [0.1, 0.15) is 37.8 Å². The summed E-state index contributed by atoms with van der Waals surface area (Å²) in [5.74, 6) is 0.535. The summed E-state index contributed by atoms with van der Waals surface area (Å²) in [6.45, 7) is 8.23. The van der Waals surface area contributed by atoms with Gasteiger partial charge in [0.25, 0.3) is 0 Å². The molecule has 21 heavy (non-hydrogen) atoms. The van der Waals surface area contributed by atoms with Crippen molar-refractivity contribution < 1.29 is 9.53 Å². The zero-order valence-electron chi connectivity index (χ0n) is 12.9. The van der Waals surface area contributed by atoms with Crippen molar-refractivity contribution >= 4 is 18.3 Å². The number of halogens is 1. The Bertz CT molecular complexity index is 448. The minimum absolute atomic E-state index is 0. The highest BCUT2D eigenvalue weighted by atomic mass is 35.5. The highest BCUT2D eigenvalue weighted by Gasteiger charge is 2.27. The van der Waals surface area contributed by atoms with Crippen LogP contribution in [0.2, 0.25) is 0 Å². The number of amides is 1. The van der Waals surface area contributed by atoms with E-state index in [0.717, 1.165) is 12.1 Å². The van der Waals surface area contributed by atoms with Gasteiger partial charge in [0.2, 0.25) is 5.91 Å². The molecule has 2 atom stereocenters. The number of carbonyl (C=O) groups is 1. The third kappa shape index (κ3) is 4.99. The van der Waals surface area contributed by atoms with Crippen LogP contribution in [0, 0.1) is 0 Å². The van der Waals surface area contributed by atoms with Gasteiger partial charge in [-0.05, 0) is 24.0 Å². The van der Waals surface area contributed by atoms with Crippen LogP contribution in [0.4, 0.5) is 0 Å². The Kier molecular flexibility index (Phi) is 7.15. The lowest BCUT2D eigenvalue weighted by Gasteiger charge is -2.29. The molecule has 1 aliphatic rings. The number of carbonyl (C=O) groups excluding carboxylic acids is 1. The van der Waals surface area contributed by atoms with Gasteiger partial charge in [-0.1, -0.05) is 38.1 Å². The Morgan fingerprint density at radius 1 is 1.38 bits per heavy atom. The van der Waals surface area contributed by atoms with Crippen molar-refractivity contribution in [2.24, 2.45) is 0 Å². The first-order chi connectivity index (χ1) is 9.58. The quantitative estimate of drug-likeness (QED) is 0.896. The van der Waals surface area contributed by atoms with Crippen molar-refractivity contribution in [1.82, 2.24) is 10.6 Å². The van der Waals surface area contributed by atoms with Gasteiger partial charge in [0.1, 0.15) is 6.04 Å². The molecular weight excluding hydrogens is 288 g/mol. The second-order valence-corrected chi connectivity index (χ2v) is 5.62. The first-order valence-electron chi connectivity index (χ1n) is 7.29. The van der Waals surface area contributed by atoms with Crippen molar-refractivity contribution in [3.05, 3.63) is 35.4 Å². The van der Waals surface area contributed by atoms with E-state index < -0.39 is 0 Å². The molecule has 5 heteroatoms. The van der Waals surface area contributed by atoms with Crippen LogP contribution in [-0.4, -0.2) is 31.2 Å². The van der Waals surface area contributed by atoms with Gasteiger partial charge in [0.05, 0.1) is 12.7 Å². The Hall–Kier alpha value is -1.10. The average molecular weight is 313 g/mol. The number of benzene rings is 1. The maximum absolute atomic E-state index is 12.1. The highest BCUT2D eigenvalue weighted by molar-refractivity contribution is 5.85. The van der Waals surface area contributed by atoms with Crippen LogP contribution < -0.4 is 10.6 Å². The maximum Gasteiger partial charge on any atom is 0.240 e. The molecule has 2 N–H and O–H groups in total. The highest BCUT2D eigenvalue weighted by Crippen LogP contribution is 2.14. The summed E-state index contributed by atoms with van der Waals surface area (Å²) in [7, 11) is 0. The Labute approximate surface area is 133 Å². The smallest absolute Gasteiger partial charge is 0.240 e. The molecule has 0 saturated carbocycles. The second-order valence-electron chi connectivity index (χ2n) is 5.62. The van der Waals surface area contributed by atoms with Gasteiger partial charge in [-0.3, -0.25) is 4.79 Å². The number of hydrogen-bond acceptors (Lipinski definition) is 3. The van der Waals surface area contributed by atoms with E-state index in [1.54, 1.807) is 0 Å². The molecule has 0 bridgehead atoms. The van der Waals surface area contributed by atoms with Gasteiger partial charge < -0.3 is 15.4 Å². The second kappa shape index (κ2) is 8.37. The molecule has 0 aromatic heterocycles. The monoisotopic (exact) mass is 312 g/mol. The van der Waals surface area contributed by atoms with E-state index in [9.17, 15) is 4.79 Å². The van der Waals surface area contributed by atoms with Crippen molar-refractivity contribution in [3.63, 3.8) is 0 Å². The topological polar surface area (TPSA) is 50.4 Å². The summed E-state index contributed by atoms with van der Waals surface area (Å²) in [6, 6.07) is 8.14. The zero-order valence-corrected chi connectivity index (χ0v) is 13.7. The molecule has 1 amide bonds. The first-order valence-corrected chi connectivity index (χ1v) is 7.29. The van der Waals surface area contributed by atoms with Crippen LogP contribution in [0.5, 0.6) is 0 Å². The Morgan fingerprint density at radius 3 is 2.62 bits per heavy atom. The van der Waals surface area contributed by atoms with Crippen molar-refractivity contribution in [3.8, 4) is 0 Å². The van der Waals surface area contributed by atoms with Gasteiger partial charge in [-0.15, -0.1) is 12.4 Å². The van der Waals surface area contributed by atoms with Gasteiger partial charge in [0, 0.05) is 13.1 Å². The number of hydrogen-bond donors (Lipinski definition) is 2. The third-order valence-electron chi connectivity index (χ3n) is 3.71. The molecule has 1 fully saturated rings. The number of nitrogens with one attached hydrogen (secondary N) is 2. The van der Waals surface area contributed by atoms with Crippen molar-refractivity contribution in [1.29, 1.82) is 0 Å². The predicted octanol–water partition coefficient (Wildman–Crippen LogP) is 2.22. The van der Waals surface area contributed by atoms with E-state index in [1.807, 2.05) is 6.92 Å². The number of morpholine rings is 1. The van der Waals surface area contributed by atoms with Crippen LogP contribution in [-0.2, 0) is 16.1 Å². The summed E-state index contributed by atoms with van der Waals surface area (Å²) >= 11 is 0. The number of rotatable bonds is 4.